The molecule has 0 aromatic heterocycles. The highest BCUT2D eigenvalue weighted by molar-refractivity contribution is 7.99. The van der Waals surface area contributed by atoms with E-state index in [0.717, 1.165) is 24.5 Å². The number of thioether (sulfide) groups is 1. The summed E-state index contributed by atoms with van der Waals surface area (Å²) in [5, 5.41) is 4.65. The highest BCUT2D eigenvalue weighted by Gasteiger charge is 2.26. The van der Waals surface area contributed by atoms with Gasteiger partial charge in [0.15, 0.2) is 0 Å². The predicted octanol–water partition coefficient (Wildman–Crippen LogP) is 2.43. The third-order valence-electron chi connectivity index (χ3n) is 3.62. The van der Waals surface area contributed by atoms with Crippen molar-refractivity contribution in [3.05, 3.63) is 0 Å². The van der Waals surface area contributed by atoms with Crippen molar-refractivity contribution in [3.63, 3.8) is 0 Å². The molecule has 1 aliphatic heterocycles. The first kappa shape index (κ1) is 11.7. The lowest BCUT2D eigenvalue weighted by Crippen LogP contribution is -2.48. The maximum atomic E-state index is 5.52. The monoisotopic (exact) mass is 229 g/mol. The highest BCUT2D eigenvalue weighted by Crippen LogP contribution is 2.27. The van der Waals surface area contributed by atoms with E-state index in [1.807, 2.05) is 11.8 Å². The summed E-state index contributed by atoms with van der Waals surface area (Å²) in [5.74, 6) is 0. The lowest BCUT2D eigenvalue weighted by molar-refractivity contribution is 0.0647. The van der Waals surface area contributed by atoms with Crippen LogP contribution in [0.15, 0.2) is 0 Å². The Balaban J connectivity index is 1.79. The lowest BCUT2D eigenvalue weighted by Gasteiger charge is -2.35. The molecule has 1 saturated heterocycles. The number of rotatable bonds is 3. The van der Waals surface area contributed by atoms with Gasteiger partial charge in [-0.15, -0.1) is 0 Å². The molecule has 1 heterocycles. The summed E-state index contributed by atoms with van der Waals surface area (Å²) >= 11 is 2.04. The summed E-state index contributed by atoms with van der Waals surface area (Å²) < 4.78 is 5.52. The normalized spacial score (nSPS) is 37.8. The Kier molecular flexibility index (Phi) is 4.79. The molecule has 2 nitrogen and oxygen atoms in total. The van der Waals surface area contributed by atoms with Crippen LogP contribution >= 0.6 is 11.8 Å². The van der Waals surface area contributed by atoms with E-state index in [2.05, 4.69) is 11.6 Å². The van der Waals surface area contributed by atoms with Gasteiger partial charge in [-0.05, 0) is 31.9 Å². The Hall–Kier alpha value is 0.270. The van der Waals surface area contributed by atoms with E-state index in [9.17, 15) is 0 Å². The summed E-state index contributed by atoms with van der Waals surface area (Å²) in [6.07, 6.45) is 10.4. The fourth-order valence-corrected chi connectivity index (χ4v) is 3.69. The number of ether oxygens (including phenoxy) is 1. The van der Waals surface area contributed by atoms with E-state index in [1.165, 1.54) is 38.5 Å². The van der Waals surface area contributed by atoms with Gasteiger partial charge >= 0.3 is 0 Å². The molecule has 0 bridgehead atoms. The van der Waals surface area contributed by atoms with Gasteiger partial charge in [-0.1, -0.05) is 12.8 Å². The Morgan fingerprint density at radius 2 is 2.00 bits per heavy atom. The lowest BCUT2D eigenvalue weighted by atomic mass is 9.93. The highest BCUT2D eigenvalue weighted by atomic mass is 32.2. The number of nitrogens with one attached hydrogen (secondary N) is 1. The van der Waals surface area contributed by atoms with Crippen LogP contribution < -0.4 is 5.32 Å². The van der Waals surface area contributed by atoms with Gasteiger partial charge in [0.1, 0.15) is 0 Å². The zero-order valence-corrected chi connectivity index (χ0v) is 10.5. The van der Waals surface area contributed by atoms with Crippen LogP contribution in [-0.4, -0.2) is 36.8 Å². The standard InChI is InChI=1S/C12H23NOS/c1-15-12-7-3-2-6-11(12)13-10-5-4-8-14-9-10/h10-13H,2-9H2,1H3. The second kappa shape index (κ2) is 6.12. The third-order valence-corrected chi connectivity index (χ3v) is 4.79. The quantitative estimate of drug-likeness (QED) is 0.803. The summed E-state index contributed by atoms with van der Waals surface area (Å²) in [6, 6.07) is 1.36. The van der Waals surface area contributed by atoms with Crippen LogP contribution in [0.1, 0.15) is 38.5 Å². The summed E-state index contributed by atoms with van der Waals surface area (Å²) in [7, 11) is 0. The molecule has 1 N–H and O–H groups in total. The molecule has 1 saturated carbocycles. The molecule has 0 radical (unpaired) electrons. The fraction of sp³-hybridized carbons (Fsp3) is 1.00. The van der Waals surface area contributed by atoms with Crippen LogP contribution in [-0.2, 0) is 4.74 Å². The zero-order chi connectivity index (χ0) is 10.5. The average molecular weight is 229 g/mol. The van der Waals surface area contributed by atoms with E-state index in [4.69, 9.17) is 4.74 Å². The Morgan fingerprint density at radius 1 is 1.13 bits per heavy atom. The van der Waals surface area contributed by atoms with Crippen LogP contribution in [0.5, 0.6) is 0 Å². The van der Waals surface area contributed by atoms with Crippen molar-refractivity contribution in [3.8, 4) is 0 Å². The Bertz CT molecular complexity index is 182. The minimum Gasteiger partial charge on any atom is -0.380 e. The smallest absolute Gasteiger partial charge is 0.0619 e. The maximum Gasteiger partial charge on any atom is 0.0619 e. The molecule has 2 fully saturated rings. The van der Waals surface area contributed by atoms with Crippen molar-refractivity contribution in [2.45, 2.75) is 55.9 Å². The molecular weight excluding hydrogens is 206 g/mol. The molecule has 1 aliphatic carbocycles. The largest absolute Gasteiger partial charge is 0.380 e. The van der Waals surface area contributed by atoms with Gasteiger partial charge in [-0.25, -0.2) is 0 Å². The van der Waals surface area contributed by atoms with Crippen LogP contribution in [0.3, 0.4) is 0 Å². The molecule has 2 aliphatic rings. The SMILES string of the molecule is CSC1CCCCC1NC1CCCOC1. The molecule has 0 aromatic rings. The second-order valence-corrected chi connectivity index (χ2v) is 5.82. The van der Waals surface area contributed by atoms with Crippen LogP contribution in [0.4, 0.5) is 0 Å². The predicted molar refractivity (Wildman–Crippen MR) is 66.5 cm³/mol. The van der Waals surface area contributed by atoms with E-state index in [1.54, 1.807) is 0 Å². The van der Waals surface area contributed by atoms with Gasteiger partial charge in [-0.3, -0.25) is 0 Å². The first-order valence-electron chi connectivity index (χ1n) is 6.26. The third kappa shape index (κ3) is 3.36. The van der Waals surface area contributed by atoms with Crippen molar-refractivity contribution >= 4 is 11.8 Å². The Morgan fingerprint density at radius 3 is 2.73 bits per heavy atom. The van der Waals surface area contributed by atoms with Gasteiger partial charge in [0.25, 0.3) is 0 Å². The van der Waals surface area contributed by atoms with E-state index >= 15 is 0 Å². The minimum absolute atomic E-state index is 0.622. The maximum absolute atomic E-state index is 5.52. The number of hydrogen-bond donors (Lipinski definition) is 1. The topological polar surface area (TPSA) is 21.3 Å². The fourth-order valence-electron chi connectivity index (χ4n) is 2.74. The van der Waals surface area contributed by atoms with Gasteiger partial charge in [0, 0.05) is 23.9 Å². The zero-order valence-electron chi connectivity index (χ0n) is 9.71. The summed E-state index contributed by atoms with van der Waals surface area (Å²) in [4.78, 5) is 0. The van der Waals surface area contributed by atoms with Gasteiger partial charge in [0.2, 0.25) is 0 Å². The van der Waals surface area contributed by atoms with Crippen LogP contribution in [0.25, 0.3) is 0 Å². The van der Waals surface area contributed by atoms with Crippen LogP contribution in [0, 0.1) is 0 Å². The first-order valence-corrected chi connectivity index (χ1v) is 7.55. The molecule has 88 valence electrons. The number of hydrogen-bond acceptors (Lipinski definition) is 3. The van der Waals surface area contributed by atoms with Crippen molar-refractivity contribution in [2.75, 3.05) is 19.5 Å². The molecule has 3 heteroatoms. The van der Waals surface area contributed by atoms with E-state index in [-0.39, 0.29) is 0 Å². The summed E-state index contributed by atoms with van der Waals surface area (Å²) in [5.41, 5.74) is 0. The van der Waals surface area contributed by atoms with Crippen molar-refractivity contribution in [1.29, 1.82) is 0 Å². The Labute approximate surface area is 97.5 Å². The van der Waals surface area contributed by atoms with Gasteiger partial charge in [-0.2, -0.15) is 11.8 Å². The first-order chi connectivity index (χ1) is 7.40. The average Bonchev–Trinajstić information content (AvgIpc) is 2.31. The molecule has 3 unspecified atom stereocenters. The van der Waals surface area contributed by atoms with Crippen molar-refractivity contribution in [1.82, 2.24) is 5.32 Å². The molecule has 15 heavy (non-hydrogen) atoms. The van der Waals surface area contributed by atoms with Crippen molar-refractivity contribution in [2.24, 2.45) is 0 Å². The van der Waals surface area contributed by atoms with E-state index in [0.29, 0.717) is 6.04 Å². The minimum atomic E-state index is 0.622. The van der Waals surface area contributed by atoms with Gasteiger partial charge < -0.3 is 10.1 Å². The molecule has 0 amide bonds. The second-order valence-electron chi connectivity index (χ2n) is 4.75. The summed E-state index contributed by atoms with van der Waals surface area (Å²) in [6.45, 7) is 1.90. The van der Waals surface area contributed by atoms with E-state index < -0.39 is 0 Å². The molecule has 0 aromatic carbocycles. The van der Waals surface area contributed by atoms with Gasteiger partial charge in [0.05, 0.1) is 6.61 Å². The van der Waals surface area contributed by atoms with Crippen LogP contribution in [0.2, 0.25) is 0 Å². The molecule has 3 atom stereocenters. The van der Waals surface area contributed by atoms with Crippen molar-refractivity contribution < 1.29 is 4.74 Å². The molecular formula is C12H23NOS. The molecule has 2 rings (SSSR count). The molecule has 0 spiro atoms.